The molecule has 9 heteroatoms. The molecule has 0 atom stereocenters. The minimum atomic E-state index is -0.234. The van der Waals surface area contributed by atoms with Crippen LogP contribution >= 0.6 is 58.8 Å². The van der Waals surface area contributed by atoms with Gasteiger partial charge in [-0.05, 0) is 42.8 Å². The maximum absolute atomic E-state index is 11.9. The number of halogens is 3. The van der Waals surface area contributed by atoms with Crippen LogP contribution in [0.15, 0.2) is 35.2 Å². The Morgan fingerprint density at radius 1 is 1.14 bits per heavy atom. The molecule has 1 aliphatic rings. The molecule has 0 saturated carbocycles. The molecule has 1 aliphatic heterocycles. The Balaban J connectivity index is 1.87. The van der Waals surface area contributed by atoms with E-state index in [0.29, 0.717) is 48.0 Å². The molecule has 1 amide bonds. The molecule has 0 aromatic heterocycles. The molecule has 28 heavy (non-hydrogen) atoms. The number of benzene rings is 2. The molecule has 0 bridgehead atoms. The van der Waals surface area contributed by atoms with Crippen LogP contribution in [0.1, 0.15) is 18.1 Å². The second-order valence-electron chi connectivity index (χ2n) is 5.64. The molecule has 0 aliphatic carbocycles. The largest absolute Gasteiger partial charge is 0.490 e. The highest BCUT2D eigenvalue weighted by atomic mass is 35.5. The molecule has 1 saturated heterocycles. The second kappa shape index (κ2) is 9.37. The highest BCUT2D eigenvalue weighted by Crippen LogP contribution is 2.39. The number of nitrogens with one attached hydrogen (secondary N) is 1. The van der Waals surface area contributed by atoms with Crippen molar-refractivity contribution in [1.29, 1.82) is 0 Å². The summed E-state index contributed by atoms with van der Waals surface area (Å²) in [7, 11) is 0. The van der Waals surface area contributed by atoms with Crippen molar-refractivity contribution in [1.82, 2.24) is 5.32 Å². The molecular weight excluding hydrogens is 461 g/mol. The van der Waals surface area contributed by atoms with E-state index in [0.717, 1.165) is 5.56 Å². The molecule has 4 nitrogen and oxygen atoms in total. The Hall–Kier alpha value is -1.44. The Bertz CT molecular complexity index is 979. The molecule has 3 rings (SSSR count). The third-order valence-electron chi connectivity index (χ3n) is 3.66. The smallest absolute Gasteiger partial charge is 0.263 e. The second-order valence-corrected chi connectivity index (χ2v) is 8.61. The molecule has 0 unspecified atom stereocenters. The van der Waals surface area contributed by atoms with Gasteiger partial charge in [-0.15, -0.1) is 0 Å². The monoisotopic (exact) mass is 473 g/mol. The van der Waals surface area contributed by atoms with Crippen LogP contribution in [0.3, 0.4) is 0 Å². The van der Waals surface area contributed by atoms with Gasteiger partial charge in [-0.25, -0.2) is 0 Å². The summed E-state index contributed by atoms with van der Waals surface area (Å²) in [6.07, 6.45) is 1.70. The van der Waals surface area contributed by atoms with Crippen molar-refractivity contribution < 1.29 is 14.3 Å². The van der Waals surface area contributed by atoms with Gasteiger partial charge >= 0.3 is 0 Å². The van der Waals surface area contributed by atoms with E-state index in [9.17, 15) is 4.79 Å². The third-order valence-corrected chi connectivity index (χ3v) is 5.69. The van der Waals surface area contributed by atoms with Gasteiger partial charge in [-0.2, -0.15) is 0 Å². The zero-order valence-corrected chi connectivity index (χ0v) is 18.5. The van der Waals surface area contributed by atoms with E-state index in [1.165, 1.54) is 11.8 Å². The average Bonchev–Trinajstić information content (AvgIpc) is 2.93. The minimum Gasteiger partial charge on any atom is -0.490 e. The van der Waals surface area contributed by atoms with Crippen molar-refractivity contribution in [3.05, 3.63) is 61.4 Å². The lowest BCUT2D eigenvalue weighted by atomic mass is 10.1. The highest BCUT2D eigenvalue weighted by Gasteiger charge is 2.22. The maximum Gasteiger partial charge on any atom is 0.263 e. The van der Waals surface area contributed by atoms with E-state index in [4.69, 9.17) is 56.5 Å². The first-order valence-electron chi connectivity index (χ1n) is 8.15. The number of ether oxygens (including phenoxy) is 2. The molecule has 2 aromatic rings. The van der Waals surface area contributed by atoms with E-state index in [1.54, 1.807) is 36.4 Å². The van der Waals surface area contributed by atoms with Crippen LogP contribution in [0.5, 0.6) is 11.5 Å². The number of amides is 1. The summed E-state index contributed by atoms with van der Waals surface area (Å²) < 4.78 is 12.0. The summed E-state index contributed by atoms with van der Waals surface area (Å²) >= 11 is 24.8. The molecule has 0 radical (unpaired) electrons. The zero-order chi connectivity index (χ0) is 20.3. The van der Waals surface area contributed by atoms with Crippen LogP contribution in [0.25, 0.3) is 6.08 Å². The molecule has 2 aromatic carbocycles. The van der Waals surface area contributed by atoms with Gasteiger partial charge in [0.1, 0.15) is 10.9 Å². The number of thioether (sulfide) groups is 1. The summed E-state index contributed by atoms with van der Waals surface area (Å²) in [4.78, 5) is 12.4. The first kappa shape index (κ1) is 21.3. The number of hydrogen-bond acceptors (Lipinski definition) is 5. The number of thiocarbonyl (C=S) groups is 1. The Labute approximate surface area is 187 Å². The van der Waals surface area contributed by atoms with Gasteiger partial charge in [0.05, 0.1) is 16.5 Å². The summed E-state index contributed by atoms with van der Waals surface area (Å²) in [6, 6.07) is 8.64. The standard InChI is InChI=1S/C19H14Cl3NO3S2/c1-2-25-15-6-10(7-16-18(24)23-19(27)28-16)5-14(22)17(15)26-9-11-3-4-12(20)8-13(11)21/h3-8H,2,9H2,1H3,(H,23,24,27)/b16-7+. The van der Waals surface area contributed by atoms with E-state index in [1.807, 2.05) is 6.92 Å². The van der Waals surface area contributed by atoms with Crippen molar-refractivity contribution >= 4 is 75.1 Å². The quantitative estimate of drug-likeness (QED) is 0.404. The number of rotatable bonds is 6. The summed E-state index contributed by atoms with van der Waals surface area (Å²) in [6.45, 7) is 2.48. The fourth-order valence-electron chi connectivity index (χ4n) is 2.44. The van der Waals surface area contributed by atoms with Gasteiger partial charge in [0.2, 0.25) is 0 Å². The van der Waals surface area contributed by atoms with Crippen molar-refractivity contribution in [2.75, 3.05) is 6.61 Å². The van der Waals surface area contributed by atoms with Crippen molar-refractivity contribution in [2.24, 2.45) is 0 Å². The molecule has 1 N–H and O–H groups in total. The van der Waals surface area contributed by atoms with Gasteiger partial charge in [-0.1, -0.05) is 64.8 Å². The van der Waals surface area contributed by atoms with Gasteiger partial charge in [0.15, 0.2) is 11.5 Å². The van der Waals surface area contributed by atoms with E-state index in [2.05, 4.69) is 5.32 Å². The van der Waals surface area contributed by atoms with Crippen LogP contribution in [-0.2, 0) is 11.4 Å². The first-order valence-corrected chi connectivity index (χ1v) is 10.5. The summed E-state index contributed by atoms with van der Waals surface area (Å²) in [5.74, 6) is 0.635. The van der Waals surface area contributed by atoms with Crippen LogP contribution < -0.4 is 14.8 Å². The Morgan fingerprint density at radius 2 is 1.93 bits per heavy atom. The SMILES string of the molecule is CCOc1cc(/C=C2/SC(=S)NC2=O)cc(Cl)c1OCc1ccc(Cl)cc1Cl. The number of carbonyl (C=O) groups excluding carboxylic acids is 1. The molecule has 146 valence electrons. The maximum atomic E-state index is 11.9. The third kappa shape index (κ3) is 5.13. The van der Waals surface area contributed by atoms with Crippen molar-refractivity contribution in [2.45, 2.75) is 13.5 Å². The Morgan fingerprint density at radius 3 is 2.57 bits per heavy atom. The van der Waals surface area contributed by atoms with Crippen molar-refractivity contribution in [3.8, 4) is 11.5 Å². The van der Waals surface area contributed by atoms with Crippen LogP contribution in [0.2, 0.25) is 15.1 Å². The van der Waals surface area contributed by atoms with Crippen molar-refractivity contribution in [3.63, 3.8) is 0 Å². The lowest BCUT2D eigenvalue weighted by molar-refractivity contribution is -0.115. The topological polar surface area (TPSA) is 47.6 Å². The van der Waals surface area contributed by atoms with Crippen LogP contribution in [0, 0.1) is 0 Å². The zero-order valence-electron chi connectivity index (χ0n) is 14.6. The van der Waals surface area contributed by atoms with Gasteiger partial charge < -0.3 is 14.8 Å². The number of carbonyl (C=O) groups is 1. The van der Waals surface area contributed by atoms with Gasteiger partial charge in [-0.3, -0.25) is 4.79 Å². The highest BCUT2D eigenvalue weighted by molar-refractivity contribution is 8.26. The average molecular weight is 475 g/mol. The van der Waals surface area contributed by atoms with Crippen LogP contribution in [0.4, 0.5) is 0 Å². The summed E-state index contributed by atoms with van der Waals surface area (Å²) in [5, 5.41) is 3.98. The molecular formula is C19H14Cl3NO3S2. The van der Waals surface area contributed by atoms with Crippen LogP contribution in [-0.4, -0.2) is 16.8 Å². The van der Waals surface area contributed by atoms with Gasteiger partial charge in [0, 0.05) is 15.6 Å². The normalized spacial score (nSPS) is 15.1. The fraction of sp³-hybridized carbons (Fsp3) is 0.158. The number of hydrogen-bond donors (Lipinski definition) is 1. The van der Waals surface area contributed by atoms with E-state index < -0.39 is 0 Å². The fourth-order valence-corrected chi connectivity index (χ4v) is 4.22. The van der Waals surface area contributed by atoms with E-state index in [-0.39, 0.29) is 12.5 Å². The lowest BCUT2D eigenvalue weighted by Crippen LogP contribution is -2.17. The van der Waals surface area contributed by atoms with E-state index >= 15 is 0 Å². The predicted molar refractivity (Wildman–Crippen MR) is 120 cm³/mol. The molecule has 1 fully saturated rings. The first-order chi connectivity index (χ1) is 13.4. The minimum absolute atomic E-state index is 0.197. The lowest BCUT2D eigenvalue weighted by Gasteiger charge is -2.15. The Kier molecular flexibility index (Phi) is 7.12. The summed E-state index contributed by atoms with van der Waals surface area (Å²) in [5.41, 5.74) is 1.47. The predicted octanol–water partition coefficient (Wildman–Crippen LogP) is 6.11. The van der Waals surface area contributed by atoms with Gasteiger partial charge in [0.25, 0.3) is 5.91 Å². The molecule has 0 spiro atoms. The molecule has 1 heterocycles.